The van der Waals surface area contributed by atoms with Gasteiger partial charge in [0.2, 0.25) is 10.5 Å². The van der Waals surface area contributed by atoms with E-state index in [0.29, 0.717) is 10.5 Å². The lowest BCUT2D eigenvalue weighted by atomic mass is 10.1. The zero-order chi connectivity index (χ0) is 13.2. The Morgan fingerprint density at radius 3 is 1.38 bits per heavy atom. The summed E-state index contributed by atoms with van der Waals surface area (Å²) < 4.78 is 16.2. The number of carbonyl (C=O) groups excluding carboxylic acids is 1. The SMILES string of the molecule is CC(C)(C)OC(C)(OC(C)(C)C)C(=O)O[SiH3]. The minimum Gasteiger partial charge on any atom is -0.525 e. The van der Waals surface area contributed by atoms with E-state index in [-0.39, 0.29) is 0 Å². The van der Waals surface area contributed by atoms with E-state index >= 15 is 0 Å². The van der Waals surface area contributed by atoms with Crippen LogP contribution in [0.5, 0.6) is 0 Å². The van der Waals surface area contributed by atoms with Crippen molar-refractivity contribution in [2.45, 2.75) is 65.5 Å². The van der Waals surface area contributed by atoms with Gasteiger partial charge < -0.3 is 13.9 Å². The highest BCUT2D eigenvalue weighted by Gasteiger charge is 2.43. The fourth-order valence-electron chi connectivity index (χ4n) is 1.46. The van der Waals surface area contributed by atoms with Gasteiger partial charge in [0.15, 0.2) is 0 Å². The minimum absolute atomic E-state index is 0.327. The summed E-state index contributed by atoms with van der Waals surface area (Å²) in [5.41, 5.74) is -0.953. The van der Waals surface area contributed by atoms with Gasteiger partial charge in [-0.05, 0) is 41.5 Å². The van der Waals surface area contributed by atoms with E-state index in [1.54, 1.807) is 6.92 Å². The van der Waals surface area contributed by atoms with Crippen molar-refractivity contribution in [2.24, 2.45) is 0 Å². The molecule has 5 heteroatoms. The second-order valence-electron chi connectivity index (χ2n) is 5.87. The molecule has 0 rings (SSSR count). The summed E-state index contributed by atoms with van der Waals surface area (Å²) in [5, 5.41) is 0. The van der Waals surface area contributed by atoms with Crippen LogP contribution in [0.2, 0.25) is 0 Å². The topological polar surface area (TPSA) is 44.8 Å². The molecule has 0 aliphatic carbocycles. The van der Waals surface area contributed by atoms with Crippen LogP contribution in [0.3, 0.4) is 0 Å². The van der Waals surface area contributed by atoms with Gasteiger partial charge in [0, 0.05) is 6.92 Å². The van der Waals surface area contributed by atoms with Gasteiger partial charge in [-0.3, -0.25) is 0 Å². The van der Waals surface area contributed by atoms with Crippen molar-refractivity contribution in [1.29, 1.82) is 0 Å². The van der Waals surface area contributed by atoms with Gasteiger partial charge in [-0.2, -0.15) is 0 Å². The average molecular weight is 248 g/mol. The summed E-state index contributed by atoms with van der Waals surface area (Å²) in [6, 6.07) is 0. The molecule has 0 amide bonds. The van der Waals surface area contributed by atoms with Crippen molar-refractivity contribution < 1.29 is 18.7 Å². The summed E-state index contributed by atoms with van der Waals surface area (Å²) in [7, 11) is 0.327. The fraction of sp³-hybridized carbons (Fsp3) is 0.909. The molecule has 0 aromatic rings. The Morgan fingerprint density at radius 1 is 0.875 bits per heavy atom. The lowest BCUT2D eigenvalue weighted by Crippen LogP contribution is -2.51. The largest absolute Gasteiger partial charge is 0.525 e. The van der Waals surface area contributed by atoms with Gasteiger partial charge in [-0.15, -0.1) is 0 Å². The maximum Gasteiger partial charge on any atom is 0.352 e. The first-order chi connectivity index (χ1) is 6.90. The first-order valence-electron chi connectivity index (χ1n) is 5.38. The monoisotopic (exact) mass is 248 g/mol. The van der Waals surface area contributed by atoms with Crippen LogP contribution in [-0.2, 0) is 18.7 Å². The molecular formula is C11H24O4Si. The van der Waals surface area contributed by atoms with Gasteiger partial charge in [0.25, 0.3) is 5.79 Å². The summed E-state index contributed by atoms with van der Waals surface area (Å²) in [6.07, 6.45) is 0. The molecular weight excluding hydrogens is 224 g/mol. The number of ether oxygens (including phenoxy) is 2. The highest BCUT2D eigenvalue weighted by molar-refractivity contribution is 6.06. The first-order valence-corrected chi connectivity index (χ1v) is 6.20. The minimum atomic E-state index is -1.35. The molecule has 0 aliphatic rings. The third-order valence-electron chi connectivity index (χ3n) is 1.56. The smallest absolute Gasteiger partial charge is 0.352 e. The van der Waals surface area contributed by atoms with Crippen LogP contribution in [0.15, 0.2) is 0 Å². The molecule has 0 radical (unpaired) electrons. The van der Waals surface area contributed by atoms with Crippen molar-refractivity contribution in [1.82, 2.24) is 0 Å². The van der Waals surface area contributed by atoms with E-state index in [1.807, 2.05) is 41.5 Å². The Kier molecular flexibility index (Phi) is 4.73. The van der Waals surface area contributed by atoms with E-state index < -0.39 is 23.0 Å². The molecule has 0 N–H and O–H groups in total. The van der Waals surface area contributed by atoms with Crippen molar-refractivity contribution in [3.63, 3.8) is 0 Å². The standard InChI is InChI=1S/C11H24O4Si/c1-9(2,3)14-11(7,8(12)13-16)15-10(4,5)6/h1-7,16H3. The molecule has 0 bridgehead atoms. The Morgan fingerprint density at radius 2 is 1.19 bits per heavy atom. The van der Waals surface area contributed by atoms with Crippen LogP contribution in [-0.4, -0.2) is 33.4 Å². The predicted molar refractivity (Wildman–Crippen MR) is 66.1 cm³/mol. The van der Waals surface area contributed by atoms with Crippen molar-refractivity contribution >= 4 is 16.5 Å². The van der Waals surface area contributed by atoms with Crippen LogP contribution in [0.25, 0.3) is 0 Å². The van der Waals surface area contributed by atoms with E-state index in [2.05, 4.69) is 0 Å². The molecule has 0 fully saturated rings. The van der Waals surface area contributed by atoms with Crippen molar-refractivity contribution in [3.05, 3.63) is 0 Å². The third-order valence-corrected chi connectivity index (χ3v) is 1.93. The van der Waals surface area contributed by atoms with Crippen LogP contribution < -0.4 is 0 Å². The van der Waals surface area contributed by atoms with Crippen molar-refractivity contribution in [3.8, 4) is 0 Å². The Balaban J connectivity index is 4.97. The number of hydrogen-bond donors (Lipinski definition) is 0. The number of carbonyl (C=O) groups is 1. The molecule has 0 unspecified atom stereocenters. The maximum absolute atomic E-state index is 11.8. The molecule has 0 saturated heterocycles. The summed E-state index contributed by atoms with van der Waals surface area (Å²) in [6.45, 7) is 12.8. The Labute approximate surface area is 101 Å². The normalized spacial score (nSPS) is 13.9. The van der Waals surface area contributed by atoms with E-state index in [9.17, 15) is 4.79 Å². The molecule has 0 saturated carbocycles. The zero-order valence-electron chi connectivity index (χ0n) is 11.6. The molecule has 0 aliphatic heterocycles. The molecule has 0 heterocycles. The lowest BCUT2D eigenvalue weighted by Gasteiger charge is -2.38. The molecule has 4 nitrogen and oxygen atoms in total. The third kappa shape index (κ3) is 5.63. The molecule has 96 valence electrons. The van der Waals surface area contributed by atoms with E-state index in [1.165, 1.54) is 0 Å². The number of hydrogen-bond acceptors (Lipinski definition) is 4. The summed E-state index contributed by atoms with van der Waals surface area (Å²) >= 11 is 0. The predicted octanol–water partition coefficient (Wildman–Crippen LogP) is 1.16. The first kappa shape index (κ1) is 15.6. The van der Waals surface area contributed by atoms with Gasteiger partial charge in [0.1, 0.15) is 0 Å². The maximum atomic E-state index is 11.8. The van der Waals surface area contributed by atoms with Crippen LogP contribution in [0.4, 0.5) is 0 Å². The summed E-state index contributed by atoms with van der Waals surface area (Å²) in [4.78, 5) is 11.8. The molecule has 0 aromatic heterocycles. The quantitative estimate of drug-likeness (QED) is 0.555. The highest BCUT2D eigenvalue weighted by Crippen LogP contribution is 2.27. The summed E-state index contributed by atoms with van der Waals surface area (Å²) in [5.74, 6) is -1.82. The van der Waals surface area contributed by atoms with E-state index in [0.717, 1.165) is 0 Å². The van der Waals surface area contributed by atoms with Gasteiger partial charge in [-0.1, -0.05) is 0 Å². The number of rotatable bonds is 3. The van der Waals surface area contributed by atoms with Crippen LogP contribution >= 0.6 is 0 Å². The van der Waals surface area contributed by atoms with Gasteiger partial charge in [0.05, 0.1) is 11.2 Å². The van der Waals surface area contributed by atoms with E-state index in [4.69, 9.17) is 13.9 Å². The molecule has 0 aromatic carbocycles. The van der Waals surface area contributed by atoms with Gasteiger partial charge >= 0.3 is 5.97 Å². The Bertz CT molecular complexity index is 234. The molecule has 0 spiro atoms. The second kappa shape index (κ2) is 4.85. The highest BCUT2D eigenvalue weighted by atomic mass is 28.2. The zero-order valence-corrected chi connectivity index (χ0v) is 13.6. The van der Waals surface area contributed by atoms with Crippen molar-refractivity contribution in [2.75, 3.05) is 0 Å². The van der Waals surface area contributed by atoms with Crippen LogP contribution in [0, 0.1) is 0 Å². The second-order valence-corrected chi connectivity index (χ2v) is 6.27. The Hall–Kier alpha value is -0.393. The molecule has 0 atom stereocenters. The molecule has 16 heavy (non-hydrogen) atoms. The van der Waals surface area contributed by atoms with Gasteiger partial charge in [-0.25, -0.2) is 4.79 Å². The lowest BCUT2D eigenvalue weighted by molar-refractivity contribution is -0.293. The average Bonchev–Trinajstić information content (AvgIpc) is 1.95. The van der Waals surface area contributed by atoms with Crippen LogP contribution in [0.1, 0.15) is 48.5 Å². The fourth-order valence-corrected chi connectivity index (χ4v) is 1.83.